The maximum atomic E-state index is 13.0. The van der Waals surface area contributed by atoms with E-state index in [1.54, 1.807) is 36.4 Å². The van der Waals surface area contributed by atoms with Crippen LogP contribution in [0.1, 0.15) is 52.9 Å². The molecule has 0 bridgehead atoms. The van der Waals surface area contributed by atoms with Gasteiger partial charge in [-0.05, 0) is 55.7 Å². The van der Waals surface area contributed by atoms with Gasteiger partial charge in [-0.25, -0.2) is 0 Å². The lowest BCUT2D eigenvalue weighted by molar-refractivity contribution is -0.141. The van der Waals surface area contributed by atoms with Gasteiger partial charge in [-0.3, -0.25) is 9.48 Å². The summed E-state index contributed by atoms with van der Waals surface area (Å²) in [5, 5.41) is 6.97. The van der Waals surface area contributed by atoms with Crippen molar-refractivity contribution in [2.75, 3.05) is 6.54 Å². The summed E-state index contributed by atoms with van der Waals surface area (Å²) < 4.78 is 51.4. The molecular formula is C22H21ClF3N3O3. The number of hydrogen-bond acceptors (Lipinski definition) is 4. The lowest BCUT2D eigenvalue weighted by Gasteiger charge is -2.07. The maximum Gasteiger partial charge on any atom is 0.435 e. The molecule has 2 aromatic heterocycles. The van der Waals surface area contributed by atoms with Crippen LogP contribution in [0.5, 0.6) is 5.75 Å². The number of nitrogens with zero attached hydrogens (tertiary/aromatic N) is 2. The zero-order valence-electron chi connectivity index (χ0n) is 17.0. The van der Waals surface area contributed by atoms with Gasteiger partial charge in [0.05, 0.1) is 0 Å². The van der Waals surface area contributed by atoms with Crippen LogP contribution in [0.25, 0.3) is 0 Å². The molecule has 0 aliphatic heterocycles. The van der Waals surface area contributed by atoms with Crippen LogP contribution in [0, 0.1) is 0 Å². The van der Waals surface area contributed by atoms with E-state index < -0.39 is 17.8 Å². The monoisotopic (exact) mass is 467 g/mol. The number of rotatable bonds is 9. The van der Waals surface area contributed by atoms with E-state index in [2.05, 4.69) is 10.4 Å². The smallest absolute Gasteiger partial charge is 0.435 e. The summed E-state index contributed by atoms with van der Waals surface area (Å²) in [6.07, 6.45) is -2.27. The van der Waals surface area contributed by atoms with E-state index in [9.17, 15) is 18.0 Å². The summed E-state index contributed by atoms with van der Waals surface area (Å²) in [4.78, 5) is 12.3. The molecule has 1 aromatic carbocycles. The van der Waals surface area contributed by atoms with Gasteiger partial charge >= 0.3 is 6.18 Å². The van der Waals surface area contributed by atoms with Crippen molar-refractivity contribution < 1.29 is 27.1 Å². The second kappa shape index (κ2) is 9.28. The van der Waals surface area contributed by atoms with Gasteiger partial charge < -0.3 is 14.5 Å². The maximum absolute atomic E-state index is 13.0. The Balaban J connectivity index is 1.25. The average molecular weight is 468 g/mol. The number of furan rings is 1. The average Bonchev–Trinajstić information content (AvgIpc) is 3.31. The first-order valence-corrected chi connectivity index (χ1v) is 10.6. The fourth-order valence-corrected chi connectivity index (χ4v) is 3.44. The van der Waals surface area contributed by atoms with Crippen LogP contribution in [0.4, 0.5) is 13.2 Å². The van der Waals surface area contributed by atoms with Gasteiger partial charge in [0.15, 0.2) is 11.5 Å². The Labute approximate surface area is 187 Å². The molecule has 1 amide bonds. The lowest BCUT2D eigenvalue weighted by atomic mass is 10.2. The first-order valence-electron chi connectivity index (χ1n) is 10.2. The highest BCUT2D eigenvalue weighted by molar-refractivity contribution is 6.30. The Hall–Kier alpha value is -2.94. The van der Waals surface area contributed by atoms with Gasteiger partial charge in [0.25, 0.3) is 5.91 Å². The standard InChI is InChI=1S/C22H21ClF3N3O3/c23-15-3-1-4-16(11-15)31-13-17-7-8-19(32-17)21(30)27-9-2-10-29-18(14-5-6-14)12-20(28-29)22(24,25)26/h1,3-4,7-8,11-12,14H,2,5-6,9-10,13H2,(H,27,30). The number of benzene rings is 1. The summed E-state index contributed by atoms with van der Waals surface area (Å²) >= 11 is 5.91. The largest absolute Gasteiger partial charge is 0.486 e. The van der Waals surface area contributed by atoms with Gasteiger partial charge in [-0.1, -0.05) is 17.7 Å². The quantitative estimate of drug-likeness (QED) is 0.426. The van der Waals surface area contributed by atoms with Crippen molar-refractivity contribution in [2.45, 2.75) is 44.5 Å². The Bertz CT molecular complexity index is 1090. The molecule has 0 saturated heterocycles. The number of halogens is 4. The molecule has 1 saturated carbocycles. The zero-order chi connectivity index (χ0) is 22.7. The van der Waals surface area contributed by atoms with Crippen molar-refractivity contribution in [2.24, 2.45) is 0 Å². The van der Waals surface area contributed by atoms with Crippen LogP contribution in [0.3, 0.4) is 0 Å². The third-order valence-corrected chi connectivity index (χ3v) is 5.23. The molecular weight excluding hydrogens is 447 g/mol. The highest BCUT2D eigenvalue weighted by atomic mass is 35.5. The Morgan fingerprint density at radius 1 is 1.25 bits per heavy atom. The molecule has 10 heteroatoms. The Morgan fingerprint density at radius 2 is 2.06 bits per heavy atom. The van der Waals surface area contributed by atoms with E-state index in [1.807, 2.05) is 0 Å². The molecule has 1 aliphatic carbocycles. The minimum atomic E-state index is -4.46. The fraction of sp³-hybridized carbons (Fsp3) is 0.364. The molecule has 0 spiro atoms. The number of amides is 1. The van der Waals surface area contributed by atoms with E-state index in [1.165, 1.54) is 4.68 Å². The molecule has 1 aliphatic rings. The predicted molar refractivity (Wildman–Crippen MR) is 111 cm³/mol. The van der Waals surface area contributed by atoms with Crippen LogP contribution in [-0.2, 0) is 19.3 Å². The molecule has 2 heterocycles. The molecule has 32 heavy (non-hydrogen) atoms. The lowest BCUT2D eigenvalue weighted by Crippen LogP contribution is -2.25. The SMILES string of the molecule is O=C(NCCCn1nc(C(F)(F)F)cc1C1CC1)c1ccc(COc2cccc(Cl)c2)o1. The van der Waals surface area contributed by atoms with Crippen LogP contribution < -0.4 is 10.1 Å². The van der Waals surface area contributed by atoms with Crippen molar-refractivity contribution in [3.8, 4) is 5.75 Å². The number of carbonyl (C=O) groups is 1. The van der Waals surface area contributed by atoms with E-state index in [0.717, 1.165) is 18.9 Å². The molecule has 3 aromatic rings. The summed E-state index contributed by atoms with van der Waals surface area (Å²) in [5.41, 5.74) is -0.259. The molecule has 6 nitrogen and oxygen atoms in total. The van der Waals surface area contributed by atoms with E-state index >= 15 is 0 Å². The van der Waals surface area contributed by atoms with Crippen LogP contribution in [0.15, 0.2) is 46.9 Å². The second-order valence-corrected chi connectivity index (χ2v) is 8.01. The van der Waals surface area contributed by atoms with Gasteiger partial charge in [-0.2, -0.15) is 18.3 Å². The van der Waals surface area contributed by atoms with Gasteiger partial charge in [0.1, 0.15) is 18.1 Å². The second-order valence-electron chi connectivity index (χ2n) is 7.57. The number of carbonyl (C=O) groups excluding carboxylic acids is 1. The Morgan fingerprint density at radius 3 is 2.78 bits per heavy atom. The first kappa shape index (κ1) is 22.3. The summed E-state index contributed by atoms with van der Waals surface area (Å²) in [6, 6.07) is 11.2. The molecule has 0 atom stereocenters. The van der Waals surface area contributed by atoms with Gasteiger partial charge in [-0.15, -0.1) is 0 Å². The van der Waals surface area contributed by atoms with Gasteiger partial charge in [0.2, 0.25) is 0 Å². The third-order valence-electron chi connectivity index (χ3n) is 4.99. The molecule has 0 radical (unpaired) electrons. The highest BCUT2D eigenvalue weighted by Crippen LogP contribution is 2.42. The topological polar surface area (TPSA) is 69.3 Å². The van der Waals surface area contributed by atoms with Crippen molar-refractivity contribution in [3.05, 3.63) is 70.4 Å². The molecule has 4 rings (SSSR count). The molecule has 0 unspecified atom stereocenters. The van der Waals surface area contributed by atoms with E-state index in [-0.39, 0.29) is 24.8 Å². The summed E-state index contributed by atoms with van der Waals surface area (Å²) in [5.74, 6) is 0.923. The first-order chi connectivity index (χ1) is 15.3. The Kier molecular flexibility index (Phi) is 6.45. The number of alkyl halides is 3. The van der Waals surface area contributed by atoms with E-state index in [4.69, 9.17) is 20.8 Å². The number of aryl methyl sites for hydroxylation is 1. The van der Waals surface area contributed by atoms with Crippen molar-refractivity contribution in [1.29, 1.82) is 0 Å². The minimum Gasteiger partial charge on any atom is -0.486 e. The number of aromatic nitrogens is 2. The highest BCUT2D eigenvalue weighted by Gasteiger charge is 2.37. The molecule has 1 fully saturated rings. The van der Waals surface area contributed by atoms with Crippen LogP contribution >= 0.6 is 11.6 Å². The summed E-state index contributed by atoms with van der Waals surface area (Å²) in [6.45, 7) is 0.705. The molecule has 1 N–H and O–H groups in total. The van der Waals surface area contributed by atoms with Gasteiger partial charge in [0, 0.05) is 29.7 Å². The number of ether oxygens (including phenoxy) is 1. The van der Waals surface area contributed by atoms with Crippen molar-refractivity contribution in [3.63, 3.8) is 0 Å². The third kappa shape index (κ3) is 5.64. The van der Waals surface area contributed by atoms with Crippen LogP contribution in [-0.4, -0.2) is 22.2 Å². The minimum absolute atomic E-state index is 0.131. The van der Waals surface area contributed by atoms with Crippen LogP contribution in [0.2, 0.25) is 5.02 Å². The van der Waals surface area contributed by atoms with Crippen molar-refractivity contribution in [1.82, 2.24) is 15.1 Å². The number of hydrogen-bond donors (Lipinski definition) is 1. The molecule has 170 valence electrons. The van der Waals surface area contributed by atoms with E-state index in [0.29, 0.717) is 35.2 Å². The fourth-order valence-electron chi connectivity index (χ4n) is 3.26. The zero-order valence-corrected chi connectivity index (χ0v) is 17.7. The normalized spacial score (nSPS) is 13.9. The van der Waals surface area contributed by atoms with Crippen molar-refractivity contribution >= 4 is 17.5 Å². The summed E-state index contributed by atoms with van der Waals surface area (Å²) in [7, 11) is 0. The number of nitrogens with one attached hydrogen (secondary N) is 1. The predicted octanol–water partition coefficient (Wildman–Crippen LogP) is 5.42.